The van der Waals surface area contributed by atoms with Crippen molar-refractivity contribution in [1.82, 2.24) is 9.97 Å². The van der Waals surface area contributed by atoms with Crippen LogP contribution in [-0.2, 0) is 0 Å². The molecule has 3 rings (SSSR count). The molecule has 3 aromatic rings. The number of anilines is 1. The molecule has 2 aromatic heterocycles. The Morgan fingerprint density at radius 2 is 1.81 bits per heavy atom. The Hall–Kier alpha value is -2.73. The van der Waals surface area contributed by atoms with E-state index in [0.29, 0.717) is 16.3 Å². The molecule has 0 radical (unpaired) electrons. The maximum absolute atomic E-state index is 11.9. The first-order valence-corrected chi connectivity index (χ1v) is 7.09. The summed E-state index contributed by atoms with van der Waals surface area (Å²) in [6.07, 6.45) is 3.22. The number of benzene rings is 1. The summed E-state index contributed by atoms with van der Waals surface area (Å²) in [6, 6.07) is 12.7. The molecule has 104 valence electrons. The van der Waals surface area contributed by atoms with Gasteiger partial charge in [-0.2, -0.15) is 0 Å². The molecule has 21 heavy (non-hydrogen) atoms. The fourth-order valence-electron chi connectivity index (χ4n) is 1.65. The van der Waals surface area contributed by atoms with E-state index in [2.05, 4.69) is 15.3 Å². The second-order valence-electron chi connectivity index (χ2n) is 4.09. The minimum Gasteiger partial charge on any atom is -0.424 e. The van der Waals surface area contributed by atoms with E-state index in [4.69, 9.17) is 4.74 Å². The van der Waals surface area contributed by atoms with Gasteiger partial charge in [-0.3, -0.25) is 4.79 Å². The number of aromatic nitrogens is 2. The van der Waals surface area contributed by atoms with Crippen molar-refractivity contribution in [3.05, 3.63) is 65.1 Å². The highest BCUT2D eigenvalue weighted by Crippen LogP contribution is 2.20. The van der Waals surface area contributed by atoms with Crippen LogP contribution in [0.5, 0.6) is 11.8 Å². The molecular formula is C15H11N3O2S. The quantitative estimate of drug-likeness (QED) is 0.799. The van der Waals surface area contributed by atoms with Crippen LogP contribution in [0, 0.1) is 0 Å². The standard InChI is InChI=1S/C15H11N3O2S/c19-14(13-3-1-10-21-13)18-11-4-6-12(7-5-11)20-15-16-8-2-9-17-15/h1-10H,(H,18,19). The third-order valence-electron chi connectivity index (χ3n) is 2.61. The van der Waals surface area contributed by atoms with E-state index in [1.807, 2.05) is 11.4 Å². The van der Waals surface area contributed by atoms with E-state index >= 15 is 0 Å². The fraction of sp³-hybridized carbons (Fsp3) is 0. The molecule has 0 aliphatic rings. The number of thiophene rings is 1. The van der Waals surface area contributed by atoms with Crippen LogP contribution >= 0.6 is 11.3 Å². The summed E-state index contributed by atoms with van der Waals surface area (Å²) in [5.74, 6) is 0.486. The maximum Gasteiger partial charge on any atom is 0.321 e. The highest BCUT2D eigenvalue weighted by atomic mass is 32.1. The number of amides is 1. The number of nitrogens with one attached hydrogen (secondary N) is 1. The van der Waals surface area contributed by atoms with Gasteiger partial charge in [-0.15, -0.1) is 11.3 Å². The van der Waals surface area contributed by atoms with Crippen LogP contribution in [0.3, 0.4) is 0 Å². The highest BCUT2D eigenvalue weighted by Gasteiger charge is 2.07. The van der Waals surface area contributed by atoms with Gasteiger partial charge in [0.1, 0.15) is 5.75 Å². The Kier molecular flexibility index (Phi) is 3.88. The van der Waals surface area contributed by atoms with Gasteiger partial charge in [0.25, 0.3) is 5.91 Å². The minimum atomic E-state index is -0.120. The van der Waals surface area contributed by atoms with E-state index in [9.17, 15) is 4.79 Å². The van der Waals surface area contributed by atoms with Gasteiger partial charge in [-0.05, 0) is 41.8 Å². The van der Waals surface area contributed by atoms with Crippen molar-refractivity contribution in [3.8, 4) is 11.8 Å². The van der Waals surface area contributed by atoms with Crippen molar-refractivity contribution >= 4 is 22.9 Å². The molecule has 0 fully saturated rings. The molecule has 0 saturated heterocycles. The molecule has 0 unspecified atom stereocenters. The normalized spacial score (nSPS) is 10.1. The first-order valence-electron chi connectivity index (χ1n) is 6.21. The second kappa shape index (κ2) is 6.15. The van der Waals surface area contributed by atoms with Gasteiger partial charge in [0, 0.05) is 18.1 Å². The molecule has 0 atom stereocenters. The predicted octanol–water partition coefficient (Wildman–Crippen LogP) is 3.58. The van der Waals surface area contributed by atoms with Crippen molar-refractivity contribution in [1.29, 1.82) is 0 Å². The molecule has 1 aromatic carbocycles. The first-order chi connectivity index (χ1) is 10.3. The molecular weight excluding hydrogens is 286 g/mol. The molecule has 1 amide bonds. The zero-order chi connectivity index (χ0) is 14.5. The lowest BCUT2D eigenvalue weighted by atomic mass is 10.3. The molecule has 2 heterocycles. The second-order valence-corrected chi connectivity index (χ2v) is 5.04. The number of carbonyl (C=O) groups excluding carboxylic acids is 1. The topological polar surface area (TPSA) is 64.1 Å². The number of hydrogen-bond acceptors (Lipinski definition) is 5. The number of ether oxygens (including phenoxy) is 1. The smallest absolute Gasteiger partial charge is 0.321 e. The lowest BCUT2D eigenvalue weighted by Gasteiger charge is -2.06. The Bertz CT molecular complexity index is 712. The minimum absolute atomic E-state index is 0.120. The summed E-state index contributed by atoms with van der Waals surface area (Å²) in [7, 11) is 0. The maximum atomic E-state index is 11.9. The molecule has 6 heteroatoms. The fourth-order valence-corrected chi connectivity index (χ4v) is 2.27. The van der Waals surface area contributed by atoms with Crippen LogP contribution in [0.25, 0.3) is 0 Å². The van der Waals surface area contributed by atoms with Crippen LogP contribution in [0.4, 0.5) is 5.69 Å². The number of hydrogen-bond donors (Lipinski definition) is 1. The monoisotopic (exact) mass is 297 g/mol. The Balaban J connectivity index is 1.65. The SMILES string of the molecule is O=C(Nc1ccc(Oc2ncccn2)cc1)c1cccs1. The zero-order valence-electron chi connectivity index (χ0n) is 10.9. The van der Waals surface area contributed by atoms with Crippen molar-refractivity contribution in [2.24, 2.45) is 0 Å². The molecule has 0 aliphatic heterocycles. The van der Waals surface area contributed by atoms with Gasteiger partial charge in [-0.1, -0.05) is 6.07 Å². The van der Waals surface area contributed by atoms with Gasteiger partial charge in [0.15, 0.2) is 0 Å². The zero-order valence-corrected chi connectivity index (χ0v) is 11.7. The summed E-state index contributed by atoms with van der Waals surface area (Å²) >= 11 is 1.40. The van der Waals surface area contributed by atoms with E-state index in [-0.39, 0.29) is 11.9 Å². The van der Waals surface area contributed by atoms with Crippen molar-refractivity contribution < 1.29 is 9.53 Å². The number of nitrogens with zero attached hydrogens (tertiary/aromatic N) is 2. The number of rotatable bonds is 4. The van der Waals surface area contributed by atoms with Gasteiger partial charge >= 0.3 is 6.01 Å². The molecule has 5 nitrogen and oxygen atoms in total. The lowest BCUT2D eigenvalue weighted by Crippen LogP contribution is -2.09. The summed E-state index contributed by atoms with van der Waals surface area (Å²) in [5, 5.41) is 4.69. The van der Waals surface area contributed by atoms with Crippen LogP contribution in [0.1, 0.15) is 9.67 Å². The summed E-state index contributed by atoms with van der Waals surface area (Å²) in [6.45, 7) is 0. The number of carbonyl (C=O) groups is 1. The lowest BCUT2D eigenvalue weighted by molar-refractivity contribution is 0.103. The third kappa shape index (κ3) is 3.43. The molecule has 0 saturated carbocycles. The van der Waals surface area contributed by atoms with E-state index in [0.717, 1.165) is 0 Å². The summed E-state index contributed by atoms with van der Waals surface area (Å²) < 4.78 is 5.48. The van der Waals surface area contributed by atoms with Gasteiger partial charge < -0.3 is 10.1 Å². The Morgan fingerprint density at radius 1 is 1.05 bits per heavy atom. The molecule has 0 spiro atoms. The average Bonchev–Trinajstić information content (AvgIpc) is 3.05. The molecule has 0 aliphatic carbocycles. The Morgan fingerprint density at radius 3 is 2.48 bits per heavy atom. The van der Waals surface area contributed by atoms with Crippen LogP contribution in [-0.4, -0.2) is 15.9 Å². The predicted molar refractivity (Wildman–Crippen MR) is 80.8 cm³/mol. The molecule has 0 bridgehead atoms. The average molecular weight is 297 g/mol. The van der Waals surface area contributed by atoms with Crippen molar-refractivity contribution in [3.63, 3.8) is 0 Å². The summed E-state index contributed by atoms with van der Waals surface area (Å²) in [4.78, 5) is 20.5. The van der Waals surface area contributed by atoms with Crippen LogP contribution in [0.15, 0.2) is 60.2 Å². The van der Waals surface area contributed by atoms with Crippen LogP contribution < -0.4 is 10.1 Å². The van der Waals surface area contributed by atoms with Crippen LogP contribution in [0.2, 0.25) is 0 Å². The van der Waals surface area contributed by atoms with Gasteiger partial charge in [0.2, 0.25) is 0 Å². The Labute approximate surface area is 125 Å². The van der Waals surface area contributed by atoms with Crippen molar-refractivity contribution in [2.45, 2.75) is 0 Å². The molecule has 1 N–H and O–H groups in total. The first kappa shape index (κ1) is 13.3. The van der Waals surface area contributed by atoms with E-state index < -0.39 is 0 Å². The highest BCUT2D eigenvalue weighted by molar-refractivity contribution is 7.12. The van der Waals surface area contributed by atoms with Gasteiger partial charge in [0.05, 0.1) is 4.88 Å². The van der Waals surface area contributed by atoms with E-state index in [1.165, 1.54) is 11.3 Å². The van der Waals surface area contributed by atoms with Gasteiger partial charge in [-0.25, -0.2) is 9.97 Å². The third-order valence-corrected chi connectivity index (χ3v) is 3.48. The van der Waals surface area contributed by atoms with Crippen molar-refractivity contribution in [2.75, 3.05) is 5.32 Å². The summed E-state index contributed by atoms with van der Waals surface area (Å²) in [5.41, 5.74) is 0.703. The van der Waals surface area contributed by atoms with E-state index in [1.54, 1.807) is 48.8 Å². The largest absolute Gasteiger partial charge is 0.424 e.